The van der Waals surface area contributed by atoms with Crippen molar-refractivity contribution in [2.24, 2.45) is 17.8 Å². The molecule has 0 aromatic carbocycles. The molecule has 0 aliphatic carbocycles. The molecule has 0 radical (unpaired) electrons. The molecule has 2 aliphatic rings. The highest BCUT2D eigenvalue weighted by molar-refractivity contribution is 4.81. The lowest BCUT2D eigenvalue weighted by Gasteiger charge is -2.39. The SMILES string of the molecule is CC(C)CN1CCC(C2CCN(C)CC2)CC1. The minimum Gasteiger partial charge on any atom is -0.306 e. The first-order chi connectivity index (χ1) is 8.15. The molecule has 0 atom stereocenters. The summed E-state index contributed by atoms with van der Waals surface area (Å²) in [5.74, 6) is 2.90. The van der Waals surface area contributed by atoms with Crippen molar-refractivity contribution < 1.29 is 0 Å². The minimum absolute atomic E-state index is 0.829. The van der Waals surface area contributed by atoms with E-state index in [1.54, 1.807) is 0 Å². The number of rotatable bonds is 3. The van der Waals surface area contributed by atoms with Gasteiger partial charge in [0.05, 0.1) is 0 Å². The first kappa shape index (κ1) is 13.4. The summed E-state index contributed by atoms with van der Waals surface area (Å²) in [5, 5.41) is 0. The maximum absolute atomic E-state index is 2.68. The van der Waals surface area contributed by atoms with Gasteiger partial charge in [0.25, 0.3) is 0 Å². The summed E-state index contributed by atoms with van der Waals surface area (Å²) in [5.41, 5.74) is 0. The van der Waals surface area contributed by atoms with Crippen molar-refractivity contribution in [2.45, 2.75) is 39.5 Å². The highest BCUT2D eigenvalue weighted by Gasteiger charge is 2.28. The van der Waals surface area contributed by atoms with Crippen LogP contribution in [0.5, 0.6) is 0 Å². The third kappa shape index (κ3) is 3.96. The number of hydrogen-bond donors (Lipinski definition) is 0. The normalized spacial score (nSPS) is 26.8. The van der Waals surface area contributed by atoms with Gasteiger partial charge in [-0.15, -0.1) is 0 Å². The van der Waals surface area contributed by atoms with Crippen molar-refractivity contribution in [1.29, 1.82) is 0 Å². The lowest BCUT2D eigenvalue weighted by Crippen LogP contribution is -2.40. The summed E-state index contributed by atoms with van der Waals surface area (Å²) in [7, 11) is 2.27. The van der Waals surface area contributed by atoms with Gasteiger partial charge in [0, 0.05) is 6.54 Å². The molecule has 100 valence electrons. The van der Waals surface area contributed by atoms with E-state index in [0.717, 1.165) is 17.8 Å². The topological polar surface area (TPSA) is 6.48 Å². The fourth-order valence-electron chi connectivity index (χ4n) is 3.62. The Balaban J connectivity index is 1.71. The van der Waals surface area contributed by atoms with Crippen molar-refractivity contribution in [3.63, 3.8) is 0 Å². The average molecular weight is 238 g/mol. The van der Waals surface area contributed by atoms with E-state index in [1.807, 2.05) is 0 Å². The molecule has 2 fully saturated rings. The zero-order valence-corrected chi connectivity index (χ0v) is 12.0. The fraction of sp³-hybridized carbons (Fsp3) is 1.00. The molecule has 2 saturated heterocycles. The van der Waals surface area contributed by atoms with Crippen LogP contribution in [0.2, 0.25) is 0 Å². The summed E-state index contributed by atoms with van der Waals surface area (Å²) >= 11 is 0. The highest BCUT2D eigenvalue weighted by Crippen LogP contribution is 2.32. The third-order valence-electron chi connectivity index (χ3n) is 4.69. The van der Waals surface area contributed by atoms with E-state index in [0.29, 0.717) is 0 Å². The standard InChI is InChI=1S/C15H30N2/c1-13(2)12-17-10-6-15(7-11-17)14-4-8-16(3)9-5-14/h13-15H,4-12H2,1-3H3. The largest absolute Gasteiger partial charge is 0.306 e. The molecular weight excluding hydrogens is 208 g/mol. The Morgan fingerprint density at radius 3 is 1.82 bits per heavy atom. The predicted octanol–water partition coefficient (Wildman–Crippen LogP) is 2.70. The summed E-state index contributed by atoms with van der Waals surface area (Å²) in [4.78, 5) is 5.17. The smallest absolute Gasteiger partial charge is 0.000439 e. The van der Waals surface area contributed by atoms with Crippen LogP contribution in [0.1, 0.15) is 39.5 Å². The second-order valence-electron chi connectivity index (χ2n) is 6.67. The first-order valence-corrected chi connectivity index (χ1v) is 7.56. The molecule has 17 heavy (non-hydrogen) atoms. The molecule has 0 N–H and O–H groups in total. The van der Waals surface area contributed by atoms with Gasteiger partial charge in [0.2, 0.25) is 0 Å². The zero-order chi connectivity index (χ0) is 12.3. The third-order valence-corrected chi connectivity index (χ3v) is 4.69. The van der Waals surface area contributed by atoms with Crippen LogP contribution >= 0.6 is 0 Å². The molecule has 2 rings (SSSR count). The van der Waals surface area contributed by atoms with Gasteiger partial charge in [0.1, 0.15) is 0 Å². The van der Waals surface area contributed by atoms with E-state index >= 15 is 0 Å². The molecule has 0 bridgehead atoms. The van der Waals surface area contributed by atoms with Gasteiger partial charge in [-0.2, -0.15) is 0 Å². The van der Waals surface area contributed by atoms with Crippen molar-refractivity contribution in [1.82, 2.24) is 9.80 Å². The number of hydrogen-bond acceptors (Lipinski definition) is 2. The van der Waals surface area contributed by atoms with Crippen molar-refractivity contribution in [3.8, 4) is 0 Å². The molecule has 0 spiro atoms. The predicted molar refractivity (Wildman–Crippen MR) is 74.2 cm³/mol. The van der Waals surface area contributed by atoms with Crippen LogP contribution in [0.4, 0.5) is 0 Å². The van der Waals surface area contributed by atoms with Crippen LogP contribution in [0, 0.1) is 17.8 Å². The van der Waals surface area contributed by atoms with Gasteiger partial charge in [-0.05, 0) is 76.7 Å². The fourth-order valence-corrected chi connectivity index (χ4v) is 3.62. The Bertz CT molecular complexity index is 211. The van der Waals surface area contributed by atoms with Gasteiger partial charge in [-0.25, -0.2) is 0 Å². The van der Waals surface area contributed by atoms with E-state index in [2.05, 4.69) is 30.7 Å². The van der Waals surface area contributed by atoms with Crippen LogP contribution in [-0.4, -0.2) is 49.6 Å². The molecular formula is C15H30N2. The maximum atomic E-state index is 2.68. The van der Waals surface area contributed by atoms with Crippen molar-refractivity contribution >= 4 is 0 Å². The quantitative estimate of drug-likeness (QED) is 0.746. The van der Waals surface area contributed by atoms with E-state index in [1.165, 1.54) is 58.4 Å². The first-order valence-electron chi connectivity index (χ1n) is 7.56. The maximum Gasteiger partial charge on any atom is 0.000439 e. The van der Waals surface area contributed by atoms with E-state index in [-0.39, 0.29) is 0 Å². The molecule has 0 amide bonds. The van der Waals surface area contributed by atoms with Gasteiger partial charge >= 0.3 is 0 Å². The molecule has 2 aliphatic heterocycles. The Hall–Kier alpha value is -0.0800. The van der Waals surface area contributed by atoms with Crippen LogP contribution < -0.4 is 0 Å². The Morgan fingerprint density at radius 2 is 1.35 bits per heavy atom. The Kier molecular flexibility index (Phi) is 4.87. The van der Waals surface area contributed by atoms with Crippen LogP contribution in [0.15, 0.2) is 0 Å². The zero-order valence-electron chi connectivity index (χ0n) is 12.0. The molecule has 0 aromatic rings. The highest BCUT2D eigenvalue weighted by atomic mass is 15.1. The molecule has 2 heterocycles. The van der Waals surface area contributed by atoms with Crippen molar-refractivity contribution in [3.05, 3.63) is 0 Å². The average Bonchev–Trinajstić information content (AvgIpc) is 2.30. The number of piperidine rings is 2. The van der Waals surface area contributed by atoms with Gasteiger partial charge < -0.3 is 9.80 Å². The number of likely N-dealkylation sites (tertiary alicyclic amines) is 2. The Labute approximate surface area is 107 Å². The van der Waals surface area contributed by atoms with E-state index in [9.17, 15) is 0 Å². The van der Waals surface area contributed by atoms with Gasteiger partial charge in [-0.1, -0.05) is 13.8 Å². The van der Waals surface area contributed by atoms with E-state index in [4.69, 9.17) is 0 Å². The summed E-state index contributed by atoms with van der Waals surface area (Å²) in [6.45, 7) is 11.4. The van der Waals surface area contributed by atoms with Crippen LogP contribution in [0.3, 0.4) is 0 Å². The summed E-state index contributed by atoms with van der Waals surface area (Å²) in [6, 6.07) is 0. The summed E-state index contributed by atoms with van der Waals surface area (Å²) < 4.78 is 0. The van der Waals surface area contributed by atoms with Gasteiger partial charge in [-0.3, -0.25) is 0 Å². The second kappa shape index (κ2) is 6.19. The van der Waals surface area contributed by atoms with Crippen molar-refractivity contribution in [2.75, 3.05) is 39.8 Å². The lowest BCUT2D eigenvalue weighted by molar-refractivity contribution is 0.0997. The lowest BCUT2D eigenvalue weighted by atomic mass is 9.79. The number of nitrogens with zero attached hydrogens (tertiary/aromatic N) is 2. The van der Waals surface area contributed by atoms with Crippen LogP contribution in [-0.2, 0) is 0 Å². The molecule has 0 unspecified atom stereocenters. The molecule has 2 heteroatoms. The van der Waals surface area contributed by atoms with E-state index < -0.39 is 0 Å². The minimum atomic E-state index is 0.829. The second-order valence-corrected chi connectivity index (χ2v) is 6.67. The molecule has 2 nitrogen and oxygen atoms in total. The molecule has 0 saturated carbocycles. The Morgan fingerprint density at radius 1 is 0.882 bits per heavy atom. The monoisotopic (exact) mass is 238 g/mol. The van der Waals surface area contributed by atoms with Crippen LogP contribution in [0.25, 0.3) is 0 Å². The summed E-state index contributed by atoms with van der Waals surface area (Å²) in [6.07, 6.45) is 5.82. The molecule has 0 aromatic heterocycles. The van der Waals surface area contributed by atoms with Gasteiger partial charge in [0.15, 0.2) is 0 Å².